The molecule has 2 rings (SSSR count). The van der Waals surface area contributed by atoms with Crippen molar-refractivity contribution in [2.75, 3.05) is 20.7 Å². The molecule has 5 heteroatoms. The number of ether oxygens (including phenoxy) is 1. The third kappa shape index (κ3) is 3.69. The van der Waals surface area contributed by atoms with Gasteiger partial charge in [0.2, 0.25) is 5.91 Å². The zero-order chi connectivity index (χ0) is 14.8. The van der Waals surface area contributed by atoms with Crippen molar-refractivity contribution in [3.05, 3.63) is 29.3 Å². The molecule has 4 nitrogen and oxygen atoms in total. The SMILES string of the molecule is CNC(C)CNC(=O)C1(c2ccc(C)c(OC)c2)CC1.Cl. The molecule has 1 aliphatic carbocycles. The summed E-state index contributed by atoms with van der Waals surface area (Å²) in [5.74, 6) is 0.982. The first-order valence-electron chi connectivity index (χ1n) is 7.14. The number of methoxy groups -OCH3 is 1. The van der Waals surface area contributed by atoms with Crippen LogP contribution in [0.4, 0.5) is 0 Å². The van der Waals surface area contributed by atoms with Gasteiger partial charge in [0.15, 0.2) is 0 Å². The van der Waals surface area contributed by atoms with E-state index in [1.807, 2.05) is 32.2 Å². The van der Waals surface area contributed by atoms with E-state index in [1.165, 1.54) is 0 Å². The first-order valence-corrected chi connectivity index (χ1v) is 7.14. The summed E-state index contributed by atoms with van der Waals surface area (Å²) in [6, 6.07) is 6.36. The molecule has 0 aliphatic heterocycles. The van der Waals surface area contributed by atoms with Crippen LogP contribution in [0.2, 0.25) is 0 Å². The Morgan fingerprint density at radius 1 is 1.43 bits per heavy atom. The minimum absolute atomic E-state index is 0. The number of amides is 1. The Balaban J connectivity index is 0.00000220. The van der Waals surface area contributed by atoms with Gasteiger partial charge in [0.05, 0.1) is 12.5 Å². The fourth-order valence-electron chi connectivity index (χ4n) is 2.41. The molecule has 0 saturated heterocycles. The van der Waals surface area contributed by atoms with E-state index < -0.39 is 0 Å². The lowest BCUT2D eigenvalue weighted by molar-refractivity contribution is -0.123. The normalized spacial score (nSPS) is 16.6. The largest absolute Gasteiger partial charge is 0.496 e. The average molecular weight is 313 g/mol. The molecule has 1 aromatic carbocycles. The van der Waals surface area contributed by atoms with Crippen LogP contribution in [0.25, 0.3) is 0 Å². The molecule has 1 saturated carbocycles. The van der Waals surface area contributed by atoms with Crippen LogP contribution in [-0.2, 0) is 10.2 Å². The van der Waals surface area contributed by atoms with Gasteiger partial charge in [0.25, 0.3) is 0 Å². The van der Waals surface area contributed by atoms with E-state index in [9.17, 15) is 4.79 Å². The molecule has 118 valence electrons. The number of nitrogens with one attached hydrogen (secondary N) is 2. The Hall–Kier alpha value is -1.26. The van der Waals surface area contributed by atoms with Gasteiger partial charge in [-0.25, -0.2) is 0 Å². The molecule has 0 heterocycles. The summed E-state index contributed by atoms with van der Waals surface area (Å²) in [6.07, 6.45) is 1.83. The smallest absolute Gasteiger partial charge is 0.230 e. The van der Waals surface area contributed by atoms with Gasteiger partial charge < -0.3 is 15.4 Å². The molecule has 1 unspecified atom stereocenters. The van der Waals surface area contributed by atoms with Gasteiger partial charge in [0, 0.05) is 12.6 Å². The number of benzene rings is 1. The number of rotatable bonds is 6. The molecule has 0 radical (unpaired) electrons. The third-order valence-electron chi connectivity index (χ3n) is 4.21. The summed E-state index contributed by atoms with van der Waals surface area (Å²) in [5.41, 5.74) is 1.82. The average Bonchev–Trinajstić information content (AvgIpc) is 3.26. The molecular formula is C16H25ClN2O2. The van der Waals surface area contributed by atoms with Crippen molar-refractivity contribution in [1.29, 1.82) is 0 Å². The lowest BCUT2D eigenvalue weighted by Gasteiger charge is -2.19. The highest BCUT2D eigenvalue weighted by Gasteiger charge is 2.51. The second kappa shape index (κ2) is 7.14. The minimum Gasteiger partial charge on any atom is -0.496 e. The molecule has 1 fully saturated rings. The van der Waals surface area contributed by atoms with Crippen molar-refractivity contribution in [2.24, 2.45) is 0 Å². The van der Waals surface area contributed by atoms with Crippen molar-refractivity contribution in [1.82, 2.24) is 10.6 Å². The van der Waals surface area contributed by atoms with E-state index in [1.54, 1.807) is 7.11 Å². The van der Waals surface area contributed by atoms with E-state index in [2.05, 4.69) is 17.6 Å². The molecule has 0 bridgehead atoms. The Labute approximate surface area is 133 Å². The molecule has 21 heavy (non-hydrogen) atoms. The Morgan fingerprint density at radius 2 is 2.10 bits per heavy atom. The number of carbonyl (C=O) groups excluding carboxylic acids is 1. The van der Waals surface area contributed by atoms with Crippen LogP contribution >= 0.6 is 12.4 Å². The zero-order valence-corrected chi connectivity index (χ0v) is 14.0. The van der Waals surface area contributed by atoms with Crippen LogP contribution < -0.4 is 15.4 Å². The molecule has 2 N–H and O–H groups in total. The van der Waals surface area contributed by atoms with Crippen molar-refractivity contribution in [2.45, 2.75) is 38.1 Å². The highest BCUT2D eigenvalue weighted by molar-refractivity contribution is 5.91. The van der Waals surface area contributed by atoms with Crippen LogP contribution in [0.3, 0.4) is 0 Å². The number of carbonyl (C=O) groups is 1. The maximum absolute atomic E-state index is 12.5. The third-order valence-corrected chi connectivity index (χ3v) is 4.21. The first-order chi connectivity index (χ1) is 9.53. The highest BCUT2D eigenvalue weighted by atomic mass is 35.5. The van der Waals surface area contributed by atoms with E-state index in [4.69, 9.17) is 4.74 Å². The molecule has 1 aliphatic rings. The van der Waals surface area contributed by atoms with Gasteiger partial charge in [-0.05, 0) is 50.9 Å². The van der Waals surface area contributed by atoms with Crippen molar-refractivity contribution in [3.63, 3.8) is 0 Å². The van der Waals surface area contributed by atoms with Gasteiger partial charge in [-0.1, -0.05) is 12.1 Å². The van der Waals surface area contributed by atoms with Crippen LogP contribution in [0.5, 0.6) is 5.75 Å². The summed E-state index contributed by atoms with van der Waals surface area (Å²) < 4.78 is 5.36. The monoisotopic (exact) mass is 312 g/mol. The summed E-state index contributed by atoms with van der Waals surface area (Å²) in [6.45, 7) is 4.71. The second-order valence-electron chi connectivity index (χ2n) is 5.67. The van der Waals surface area contributed by atoms with Crippen molar-refractivity contribution in [3.8, 4) is 5.75 Å². The molecule has 1 atom stereocenters. The van der Waals surface area contributed by atoms with E-state index >= 15 is 0 Å². The minimum atomic E-state index is -0.339. The fraction of sp³-hybridized carbons (Fsp3) is 0.562. The summed E-state index contributed by atoms with van der Waals surface area (Å²) in [5, 5.41) is 6.17. The predicted octanol–water partition coefficient (Wildman–Crippen LogP) is 2.18. The molecule has 0 spiro atoms. The predicted molar refractivity (Wildman–Crippen MR) is 87.4 cm³/mol. The zero-order valence-electron chi connectivity index (χ0n) is 13.2. The van der Waals surface area contributed by atoms with Crippen LogP contribution in [0.1, 0.15) is 30.9 Å². The quantitative estimate of drug-likeness (QED) is 0.846. The highest BCUT2D eigenvalue weighted by Crippen LogP contribution is 2.49. The number of likely N-dealkylation sites (N-methyl/N-ethyl adjacent to an activating group) is 1. The number of halogens is 1. The van der Waals surface area contributed by atoms with Gasteiger partial charge in [-0.2, -0.15) is 0 Å². The summed E-state index contributed by atoms with van der Waals surface area (Å²) >= 11 is 0. The molecule has 1 aromatic rings. The molecular weight excluding hydrogens is 288 g/mol. The second-order valence-corrected chi connectivity index (χ2v) is 5.67. The fourth-order valence-corrected chi connectivity index (χ4v) is 2.41. The number of hydrogen-bond donors (Lipinski definition) is 2. The van der Waals surface area contributed by atoms with E-state index in [-0.39, 0.29) is 29.8 Å². The Bertz CT molecular complexity index is 501. The number of aryl methyl sites for hydroxylation is 1. The molecule has 0 aromatic heterocycles. The first kappa shape index (κ1) is 17.8. The Morgan fingerprint density at radius 3 is 2.62 bits per heavy atom. The van der Waals surface area contributed by atoms with E-state index in [0.717, 1.165) is 29.7 Å². The van der Waals surface area contributed by atoms with Crippen LogP contribution in [0.15, 0.2) is 18.2 Å². The van der Waals surface area contributed by atoms with Crippen molar-refractivity contribution < 1.29 is 9.53 Å². The van der Waals surface area contributed by atoms with Crippen LogP contribution in [-0.4, -0.2) is 32.7 Å². The van der Waals surface area contributed by atoms with E-state index in [0.29, 0.717) is 6.54 Å². The maximum atomic E-state index is 12.5. The summed E-state index contributed by atoms with van der Waals surface area (Å²) in [7, 11) is 3.56. The lowest BCUT2D eigenvalue weighted by Crippen LogP contribution is -2.42. The topological polar surface area (TPSA) is 50.4 Å². The maximum Gasteiger partial charge on any atom is 0.230 e. The van der Waals surface area contributed by atoms with Crippen molar-refractivity contribution >= 4 is 18.3 Å². The molecule has 1 amide bonds. The van der Waals surface area contributed by atoms with Gasteiger partial charge in [0.1, 0.15) is 5.75 Å². The van der Waals surface area contributed by atoms with Gasteiger partial charge >= 0.3 is 0 Å². The van der Waals surface area contributed by atoms with Crippen LogP contribution in [0, 0.1) is 6.92 Å². The number of hydrogen-bond acceptors (Lipinski definition) is 3. The lowest BCUT2D eigenvalue weighted by atomic mass is 9.93. The Kier molecular flexibility index (Phi) is 6.05. The standard InChI is InChI=1S/C16H24N2O2.ClH/c1-11-5-6-13(9-14(11)20-4)16(7-8-16)15(19)18-10-12(2)17-3;/h5-6,9,12,17H,7-8,10H2,1-4H3,(H,18,19);1H. The van der Waals surface area contributed by atoms with Gasteiger partial charge in [-0.3, -0.25) is 4.79 Å². The van der Waals surface area contributed by atoms with Gasteiger partial charge in [-0.15, -0.1) is 12.4 Å². The summed E-state index contributed by atoms with van der Waals surface area (Å²) in [4.78, 5) is 12.5.